The molecule has 0 heterocycles. The third-order valence-corrected chi connectivity index (χ3v) is 4.37. The number of hydrogen-bond acceptors (Lipinski definition) is 2. The molecule has 2 atom stereocenters. The van der Waals surface area contributed by atoms with Crippen LogP contribution in [0.2, 0.25) is 0 Å². The number of nitrogens with zero attached hydrogens (tertiary/aromatic N) is 1. The first kappa shape index (κ1) is 15.0. The van der Waals surface area contributed by atoms with Crippen LogP contribution in [0.5, 0.6) is 0 Å². The molecule has 1 N–H and O–H groups in total. The Labute approximate surface area is 107 Å². The summed E-state index contributed by atoms with van der Waals surface area (Å²) in [5.41, 5.74) is 0. The summed E-state index contributed by atoms with van der Waals surface area (Å²) < 4.78 is 0. The third-order valence-electron chi connectivity index (χ3n) is 4.37. The number of rotatable bonds is 7. The summed E-state index contributed by atoms with van der Waals surface area (Å²) in [6.45, 7) is 7.34. The first-order chi connectivity index (χ1) is 8.33. The van der Waals surface area contributed by atoms with Crippen molar-refractivity contribution in [3.63, 3.8) is 0 Å². The average Bonchev–Trinajstić information content (AvgIpc) is 2.60. The number of unbranched alkanes of at least 4 members (excludes halogenated alkanes) is 1. The summed E-state index contributed by atoms with van der Waals surface area (Å²) in [5.74, 6) is 0.909. The Balaban J connectivity index is 2.49. The van der Waals surface area contributed by atoms with Crippen LogP contribution in [0.4, 0.5) is 0 Å². The first-order valence-corrected chi connectivity index (χ1v) is 7.68. The van der Waals surface area contributed by atoms with Crippen molar-refractivity contribution < 1.29 is 5.11 Å². The summed E-state index contributed by atoms with van der Waals surface area (Å²) in [6.07, 6.45) is 10.5. The summed E-state index contributed by atoms with van der Waals surface area (Å²) in [7, 11) is 0. The van der Waals surface area contributed by atoms with Crippen molar-refractivity contribution in [2.45, 2.75) is 71.3 Å². The van der Waals surface area contributed by atoms with E-state index in [-0.39, 0.29) is 0 Å². The standard InChI is InChI=1S/C15H31NO/c1-3-14-10-6-5-7-11-15(14)16(4-2)12-8-9-13-17/h14-15,17H,3-13H2,1-2H3. The van der Waals surface area contributed by atoms with Gasteiger partial charge in [0.15, 0.2) is 0 Å². The van der Waals surface area contributed by atoms with Crippen LogP contribution in [0.1, 0.15) is 65.2 Å². The van der Waals surface area contributed by atoms with Gasteiger partial charge in [0.2, 0.25) is 0 Å². The molecule has 0 radical (unpaired) electrons. The Morgan fingerprint density at radius 2 is 1.82 bits per heavy atom. The Kier molecular flexibility index (Phi) is 7.87. The van der Waals surface area contributed by atoms with Crippen molar-refractivity contribution in [1.82, 2.24) is 4.90 Å². The number of hydrogen-bond donors (Lipinski definition) is 1. The molecule has 2 unspecified atom stereocenters. The molecule has 0 aromatic carbocycles. The molecule has 1 fully saturated rings. The first-order valence-electron chi connectivity index (χ1n) is 7.68. The molecular formula is C15H31NO. The normalized spacial score (nSPS) is 26.1. The van der Waals surface area contributed by atoms with E-state index in [2.05, 4.69) is 18.7 Å². The summed E-state index contributed by atoms with van der Waals surface area (Å²) in [5, 5.41) is 8.89. The Morgan fingerprint density at radius 3 is 2.47 bits per heavy atom. The van der Waals surface area contributed by atoms with Gasteiger partial charge in [-0.05, 0) is 44.7 Å². The SMILES string of the molecule is CCC1CCCCCC1N(CC)CCCCO. The van der Waals surface area contributed by atoms with E-state index in [9.17, 15) is 0 Å². The minimum Gasteiger partial charge on any atom is -0.396 e. The monoisotopic (exact) mass is 241 g/mol. The molecule has 0 amide bonds. The number of aliphatic hydroxyl groups is 1. The zero-order chi connectivity index (χ0) is 12.5. The van der Waals surface area contributed by atoms with Crippen LogP contribution in [0.25, 0.3) is 0 Å². The third kappa shape index (κ3) is 4.97. The van der Waals surface area contributed by atoms with E-state index in [1.165, 1.54) is 51.6 Å². The fourth-order valence-electron chi connectivity index (χ4n) is 3.31. The molecular weight excluding hydrogens is 210 g/mol. The molecule has 0 aliphatic heterocycles. The van der Waals surface area contributed by atoms with E-state index in [0.717, 1.165) is 24.8 Å². The van der Waals surface area contributed by atoms with Crippen molar-refractivity contribution >= 4 is 0 Å². The lowest BCUT2D eigenvalue weighted by molar-refractivity contribution is 0.131. The predicted octanol–water partition coefficient (Wildman–Crippen LogP) is 3.44. The molecule has 1 aliphatic rings. The van der Waals surface area contributed by atoms with Gasteiger partial charge in [-0.1, -0.05) is 39.5 Å². The van der Waals surface area contributed by atoms with Crippen LogP contribution >= 0.6 is 0 Å². The fraction of sp³-hybridized carbons (Fsp3) is 1.00. The minimum absolute atomic E-state index is 0.347. The molecule has 1 aliphatic carbocycles. The van der Waals surface area contributed by atoms with Gasteiger partial charge in [0, 0.05) is 12.6 Å². The van der Waals surface area contributed by atoms with Gasteiger partial charge >= 0.3 is 0 Å². The average molecular weight is 241 g/mol. The second-order valence-electron chi connectivity index (χ2n) is 5.43. The van der Waals surface area contributed by atoms with Crippen LogP contribution in [0, 0.1) is 5.92 Å². The van der Waals surface area contributed by atoms with Crippen molar-refractivity contribution in [2.24, 2.45) is 5.92 Å². The zero-order valence-electron chi connectivity index (χ0n) is 11.8. The van der Waals surface area contributed by atoms with Gasteiger partial charge in [0.05, 0.1) is 0 Å². The Bertz CT molecular complexity index is 184. The topological polar surface area (TPSA) is 23.5 Å². The smallest absolute Gasteiger partial charge is 0.0431 e. The van der Waals surface area contributed by atoms with E-state index in [1.807, 2.05) is 0 Å². The van der Waals surface area contributed by atoms with E-state index in [1.54, 1.807) is 0 Å². The van der Waals surface area contributed by atoms with E-state index in [0.29, 0.717) is 6.61 Å². The second kappa shape index (κ2) is 8.93. The van der Waals surface area contributed by atoms with Crippen molar-refractivity contribution in [3.8, 4) is 0 Å². The molecule has 1 saturated carbocycles. The lowest BCUT2D eigenvalue weighted by atomic mass is 9.91. The van der Waals surface area contributed by atoms with Gasteiger partial charge in [0.1, 0.15) is 0 Å². The van der Waals surface area contributed by atoms with Gasteiger partial charge in [-0.3, -0.25) is 0 Å². The lowest BCUT2D eigenvalue weighted by Gasteiger charge is -2.35. The van der Waals surface area contributed by atoms with E-state index in [4.69, 9.17) is 5.11 Å². The van der Waals surface area contributed by atoms with Crippen molar-refractivity contribution in [1.29, 1.82) is 0 Å². The van der Waals surface area contributed by atoms with Gasteiger partial charge in [-0.15, -0.1) is 0 Å². The predicted molar refractivity (Wildman–Crippen MR) is 74.2 cm³/mol. The molecule has 0 spiro atoms. The van der Waals surface area contributed by atoms with Gasteiger partial charge in [-0.25, -0.2) is 0 Å². The lowest BCUT2D eigenvalue weighted by Crippen LogP contribution is -2.40. The minimum atomic E-state index is 0.347. The van der Waals surface area contributed by atoms with Crippen molar-refractivity contribution in [2.75, 3.05) is 19.7 Å². The zero-order valence-corrected chi connectivity index (χ0v) is 11.8. The maximum atomic E-state index is 8.89. The Morgan fingerprint density at radius 1 is 1.06 bits per heavy atom. The quantitative estimate of drug-likeness (QED) is 0.545. The highest BCUT2D eigenvalue weighted by Crippen LogP contribution is 2.29. The molecule has 0 aromatic heterocycles. The highest BCUT2D eigenvalue weighted by Gasteiger charge is 2.26. The van der Waals surface area contributed by atoms with E-state index < -0.39 is 0 Å². The largest absolute Gasteiger partial charge is 0.396 e. The molecule has 0 bridgehead atoms. The van der Waals surface area contributed by atoms with Gasteiger partial charge < -0.3 is 10.0 Å². The molecule has 2 heteroatoms. The molecule has 17 heavy (non-hydrogen) atoms. The van der Waals surface area contributed by atoms with Crippen LogP contribution in [0.3, 0.4) is 0 Å². The van der Waals surface area contributed by atoms with Crippen LogP contribution in [-0.4, -0.2) is 35.7 Å². The maximum Gasteiger partial charge on any atom is 0.0431 e. The Hall–Kier alpha value is -0.0800. The summed E-state index contributed by atoms with van der Waals surface area (Å²) in [4.78, 5) is 2.68. The molecule has 1 rings (SSSR count). The molecule has 102 valence electrons. The van der Waals surface area contributed by atoms with Crippen molar-refractivity contribution in [3.05, 3.63) is 0 Å². The summed E-state index contributed by atoms with van der Waals surface area (Å²) >= 11 is 0. The van der Waals surface area contributed by atoms with Crippen LogP contribution in [0.15, 0.2) is 0 Å². The molecule has 2 nitrogen and oxygen atoms in total. The van der Waals surface area contributed by atoms with Gasteiger partial charge in [0.25, 0.3) is 0 Å². The van der Waals surface area contributed by atoms with E-state index >= 15 is 0 Å². The number of aliphatic hydroxyl groups excluding tert-OH is 1. The van der Waals surface area contributed by atoms with Crippen LogP contribution < -0.4 is 0 Å². The summed E-state index contributed by atoms with van der Waals surface area (Å²) in [6, 6.07) is 0.811. The molecule has 0 saturated heterocycles. The van der Waals surface area contributed by atoms with Gasteiger partial charge in [-0.2, -0.15) is 0 Å². The maximum absolute atomic E-state index is 8.89. The van der Waals surface area contributed by atoms with Crippen LogP contribution in [-0.2, 0) is 0 Å². The fourth-order valence-corrected chi connectivity index (χ4v) is 3.31. The highest BCUT2D eigenvalue weighted by atomic mass is 16.2. The second-order valence-corrected chi connectivity index (χ2v) is 5.43. The molecule has 0 aromatic rings. The highest BCUT2D eigenvalue weighted by molar-refractivity contribution is 4.81.